The molecule has 0 radical (unpaired) electrons. The summed E-state index contributed by atoms with van der Waals surface area (Å²) in [6, 6.07) is 26.0. The quantitative estimate of drug-likeness (QED) is 0.350. The monoisotopic (exact) mass is 412 g/mol. The number of thiazole rings is 1. The summed E-state index contributed by atoms with van der Waals surface area (Å²) in [6.07, 6.45) is 2.65. The summed E-state index contributed by atoms with van der Waals surface area (Å²) in [5.74, 6) is 1.32. The standard InChI is InChI=1S/C25H20N2O2S/c1-28-23-16-19(11-12-22(23)29-14-13-18-7-3-2-4-8-18)15-20(17-26)25-27-21-9-5-6-10-24(21)30-25/h2-12,15-16H,13-14H2,1H3/b20-15-. The lowest BCUT2D eigenvalue weighted by atomic mass is 10.1. The fourth-order valence-electron chi connectivity index (χ4n) is 3.11. The number of allylic oxidation sites excluding steroid dienone is 1. The average molecular weight is 413 g/mol. The smallest absolute Gasteiger partial charge is 0.161 e. The Labute approximate surface area is 179 Å². The van der Waals surface area contributed by atoms with Crippen molar-refractivity contribution in [3.05, 3.63) is 88.9 Å². The second-order valence-corrected chi connectivity index (χ2v) is 7.68. The van der Waals surface area contributed by atoms with Gasteiger partial charge in [0.1, 0.15) is 11.1 Å². The van der Waals surface area contributed by atoms with Crippen LogP contribution in [0.4, 0.5) is 0 Å². The number of hydrogen-bond acceptors (Lipinski definition) is 5. The Kier molecular flexibility index (Phi) is 6.07. The van der Waals surface area contributed by atoms with Crippen molar-refractivity contribution >= 4 is 33.2 Å². The molecule has 4 nitrogen and oxygen atoms in total. The first-order chi connectivity index (χ1) is 14.8. The minimum absolute atomic E-state index is 0.524. The molecule has 0 amide bonds. The summed E-state index contributed by atoms with van der Waals surface area (Å²) < 4.78 is 12.5. The molecule has 0 spiro atoms. The van der Waals surface area contributed by atoms with Crippen LogP contribution in [-0.4, -0.2) is 18.7 Å². The molecule has 0 aliphatic rings. The van der Waals surface area contributed by atoms with E-state index in [2.05, 4.69) is 23.2 Å². The highest BCUT2D eigenvalue weighted by Crippen LogP contribution is 2.32. The van der Waals surface area contributed by atoms with Gasteiger partial charge in [0.15, 0.2) is 11.5 Å². The Balaban J connectivity index is 1.53. The minimum atomic E-state index is 0.524. The third-order valence-corrected chi connectivity index (χ3v) is 5.70. The zero-order valence-electron chi connectivity index (χ0n) is 16.5. The van der Waals surface area contributed by atoms with E-state index in [4.69, 9.17) is 9.47 Å². The van der Waals surface area contributed by atoms with Crippen LogP contribution in [0, 0.1) is 11.3 Å². The number of methoxy groups -OCH3 is 1. The molecule has 1 heterocycles. The second-order valence-electron chi connectivity index (χ2n) is 6.65. The molecule has 148 valence electrons. The van der Waals surface area contributed by atoms with Crippen molar-refractivity contribution < 1.29 is 9.47 Å². The van der Waals surface area contributed by atoms with Crippen LogP contribution in [0.15, 0.2) is 72.8 Å². The first-order valence-corrected chi connectivity index (χ1v) is 10.4. The van der Waals surface area contributed by atoms with Crippen molar-refractivity contribution in [2.45, 2.75) is 6.42 Å². The first kappa shape index (κ1) is 19.7. The molecule has 4 aromatic rings. The largest absolute Gasteiger partial charge is 0.493 e. The van der Waals surface area contributed by atoms with Gasteiger partial charge in [-0.3, -0.25) is 0 Å². The molecular weight excluding hydrogens is 392 g/mol. The van der Waals surface area contributed by atoms with E-state index < -0.39 is 0 Å². The van der Waals surface area contributed by atoms with Crippen molar-refractivity contribution in [1.29, 1.82) is 5.26 Å². The van der Waals surface area contributed by atoms with Crippen LogP contribution in [0.5, 0.6) is 11.5 Å². The van der Waals surface area contributed by atoms with Crippen LogP contribution < -0.4 is 9.47 Å². The van der Waals surface area contributed by atoms with Crippen LogP contribution in [0.2, 0.25) is 0 Å². The van der Waals surface area contributed by atoms with Crippen molar-refractivity contribution in [2.75, 3.05) is 13.7 Å². The van der Waals surface area contributed by atoms with E-state index in [1.807, 2.05) is 66.7 Å². The number of hydrogen-bond donors (Lipinski definition) is 0. The van der Waals surface area contributed by atoms with Gasteiger partial charge in [0.25, 0.3) is 0 Å². The Morgan fingerprint density at radius 1 is 1.03 bits per heavy atom. The fourth-order valence-corrected chi connectivity index (χ4v) is 4.04. The molecule has 3 aromatic carbocycles. The summed E-state index contributed by atoms with van der Waals surface area (Å²) in [4.78, 5) is 4.58. The summed E-state index contributed by atoms with van der Waals surface area (Å²) in [5.41, 5.74) is 3.51. The van der Waals surface area contributed by atoms with E-state index >= 15 is 0 Å². The van der Waals surface area contributed by atoms with Gasteiger partial charge in [0.05, 0.1) is 29.5 Å². The van der Waals surface area contributed by atoms with Gasteiger partial charge in [0, 0.05) is 6.42 Å². The van der Waals surface area contributed by atoms with Gasteiger partial charge < -0.3 is 9.47 Å². The summed E-state index contributed by atoms with van der Waals surface area (Å²) in [5, 5.41) is 10.4. The highest BCUT2D eigenvalue weighted by Gasteiger charge is 2.10. The molecule has 0 saturated heterocycles. The molecule has 0 aliphatic carbocycles. The van der Waals surface area contributed by atoms with Crippen molar-refractivity contribution in [3.8, 4) is 17.6 Å². The number of ether oxygens (including phenoxy) is 2. The summed E-state index contributed by atoms with van der Waals surface area (Å²) >= 11 is 1.51. The predicted molar refractivity (Wildman–Crippen MR) is 122 cm³/mol. The van der Waals surface area contributed by atoms with E-state index in [1.54, 1.807) is 7.11 Å². The molecule has 0 N–H and O–H groups in total. The van der Waals surface area contributed by atoms with Crippen LogP contribution in [0.3, 0.4) is 0 Å². The Morgan fingerprint density at radius 2 is 1.83 bits per heavy atom. The molecule has 0 saturated carbocycles. The summed E-state index contributed by atoms with van der Waals surface area (Å²) in [7, 11) is 1.62. The van der Waals surface area contributed by atoms with Gasteiger partial charge in [-0.05, 0) is 41.5 Å². The van der Waals surface area contributed by atoms with Crippen LogP contribution in [0.25, 0.3) is 21.9 Å². The lowest BCUT2D eigenvalue weighted by Crippen LogP contribution is -2.02. The molecule has 1 aromatic heterocycles. The van der Waals surface area contributed by atoms with E-state index in [-0.39, 0.29) is 0 Å². The third kappa shape index (κ3) is 4.51. The SMILES string of the molecule is COc1cc(/C=C(/C#N)c2nc3ccccc3s2)ccc1OCCc1ccccc1. The maximum Gasteiger partial charge on any atom is 0.161 e. The maximum atomic E-state index is 9.66. The number of aromatic nitrogens is 1. The molecule has 4 rings (SSSR count). The highest BCUT2D eigenvalue weighted by molar-refractivity contribution is 7.19. The lowest BCUT2D eigenvalue weighted by molar-refractivity contribution is 0.297. The van der Waals surface area contributed by atoms with Gasteiger partial charge >= 0.3 is 0 Å². The Morgan fingerprint density at radius 3 is 2.60 bits per heavy atom. The maximum absolute atomic E-state index is 9.66. The third-order valence-electron chi connectivity index (χ3n) is 4.63. The van der Waals surface area contributed by atoms with Crippen LogP contribution in [-0.2, 0) is 6.42 Å². The van der Waals surface area contributed by atoms with Crippen molar-refractivity contribution in [2.24, 2.45) is 0 Å². The number of nitrogens with zero attached hydrogens (tertiary/aromatic N) is 2. The van der Waals surface area contributed by atoms with Gasteiger partial charge in [-0.2, -0.15) is 5.26 Å². The number of rotatable bonds is 7. The number of nitriles is 1. The zero-order chi connectivity index (χ0) is 20.8. The number of benzene rings is 3. The van der Waals surface area contributed by atoms with E-state index in [9.17, 15) is 5.26 Å². The second kappa shape index (κ2) is 9.25. The lowest BCUT2D eigenvalue weighted by Gasteiger charge is -2.11. The van der Waals surface area contributed by atoms with Gasteiger partial charge in [0.2, 0.25) is 0 Å². The van der Waals surface area contributed by atoms with Gasteiger partial charge in [-0.1, -0.05) is 48.5 Å². The molecule has 0 atom stereocenters. The fraction of sp³-hybridized carbons (Fsp3) is 0.120. The topological polar surface area (TPSA) is 55.1 Å². The first-order valence-electron chi connectivity index (χ1n) is 9.59. The molecule has 30 heavy (non-hydrogen) atoms. The number of para-hydroxylation sites is 1. The average Bonchev–Trinajstić information content (AvgIpc) is 3.23. The molecule has 0 aliphatic heterocycles. The highest BCUT2D eigenvalue weighted by atomic mass is 32.1. The van der Waals surface area contributed by atoms with Crippen molar-refractivity contribution in [1.82, 2.24) is 4.98 Å². The molecule has 0 bridgehead atoms. The van der Waals surface area contributed by atoms with E-state index in [0.717, 1.165) is 22.2 Å². The Hall–Kier alpha value is -3.62. The Bertz CT molecular complexity index is 1190. The van der Waals surface area contributed by atoms with Crippen LogP contribution >= 0.6 is 11.3 Å². The molecule has 5 heteroatoms. The molecule has 0 fully saturated rings. The van der Waals surface area contributed by atoms with Crippen LogP contribution in [0.1, 0.15) is 16.1 Å². The normalized spacial score (nSPS) is 11.3. The van der Waals surface area contributed by atoms with Crippen molar-refractivity contribution in [3.63, 3.8) is 0 Å². The zero-order valence-corrected chi connectivity index (χ0v) is 17.4. The van der Waals surface area contributed by atoms with Gasteiger partial charge in [-0.25, -0.2) is 4.98 Å². The minimum Gasteiger partial charge on any atom is -0.493 e. The predicted octanol–water partition coefficient (Wildman–Crippen LogP) is 5.99. The molecule has 0 unspecified atom stereocenters. The summed E-state index contributed by atoms with van der Waals surface area (Å²) in [6.45, 7) is 0.560. The van der Waals surface area contributed by atoms with E-state index in [0.29, 0.717) is 28.7 Å². The van der Waals surface area contributed by atoms with E-state index in [1.165, 1.54) is 16.9 Å². The van der Waals surface area contributed by atoms with Gasteiger partial charge in [-0.15, -0.1) is 11.3 Å². The number of fused-ring (bicyclic) bond motifs is 1. The molecular formula is C25H20N2O2S.